The Labute approximate surface area is 185 Å². The van der Waals surface area contributed by atoms with Crippen LogP contribution >= 0.6 is 11.6 Å². The maximum Gasteiger partial charge on any atom is 0.411 e. The number of benzene rings is 3. The van der Waals surface area contributed by atoms with Crippen LogP contribution in [0.2, 0.25) is 5.02 Å². The molecule has 0 aliphatic carbocycles. The molecule has 3 aromatic carbocycles. The van der Waals surface area contributed by atoms with Crippen molar-refractivity contribution in [1.29, 1.82) is 0 Å². The van der Waals surface area contributed by atoms with Crippen molar-refractivity contribution < 1.29 is 18.7 Å². The van der Waals surface area contributed by atoms with Gasteiger partial charge in [-0.1, -0.05) is 60.7 Å². The van der Waals surface area contributed by atoms with Crippen LogP contribution in [0.1, 0.15) is 28.3 Å². The first-order chi connectivity index (χ1) is 15.1. The average molecular weight is 438 g/mol. The van der Waals surface area contributed by atoms with Crippen LogP contribution in [0, 0.1) is 5.82 Å². The van der Waals surface area contributed by atoms with E-state index in [-0.39, 0.29) is 19.0 Å². The van der Waals surface area contributed by atoms with E-state index in [4.69, 9.17) is 21.1 Å². The molecular formula is C25H21ClFNO3. The molecule has 1 aliphatic rings. The monoisotopic (exact) mass is 437 g/mol. The Hall–Kier alpha value is -3.31. The van der Waals surface area contributed by atoms with Gasteiger partial charge in [0.05, 0.1) is 12.6 Å². The van der Waals surface area contributed by atoms with Crippen LogP contribution in [0.5, 0.6) is 5.75 Å². The normalized spacial score (nSPS) is 14.8. The third-order valence-electron chi connectivity index (χ3n) is 5.11. The van der Waals surface area contributed by atoms with Crippen molar-refractivity contribution in [3.8, 4) is 5.75 Å². The zero-order chi connectivity index (χ0) is 21.8. The zero-order valence-electron chi connectivity index (χ0n) is 16.8. The fourth-order valence-corrected chi connectivity index (χ4v) is 3.92. The van der Waals surface area contributed by atoms with Gasteiger partial charge < -0.3 is 9.47 Å². The second kappa shape index (κ2) is 9.23. The van der Waals surface area contributed by atoms with Crippen molar-refractivity contribution in [2.24, 2.45) is 0 Å². The van der Waals surface area contributed by atoms with E-state index in [1.807, 2.05) is 30.3 Å². The van der Waals surface area contributed by atoms with Gasteiger partial charge >= 0.3 is 6.09 Å². The quantitative estimate of drug-likeness (QED) is 0.425. The van der Waals surface area contributed by atoms with Crippen molar-refractivity contribution in [3.63, 3.8) is 0 Å². The highest BCUT2D eigenvalue weighted by Gasteiger charge is 2.37. The topological polar surface area (TPSA) is 38.8 Å². The minimum absolute atomic E-state index is 0.142. The van der Waals surface area contributed by atoms with Gasteiger partial charge in [-0.05, 0) is 47.0 Å². The molecule has 0 saturated carbocycles. The molecule has 0 N–H and O–H groups in total. The molecule has 0 saturated heterocycles. The second-order valence-electron chi connectivity index (χ2n) is 7.20. The lowest BCUT2D eigenvalue weighted by Crippen LogP contribution is -2.31. The van der Waals surface area contributed by atoms with Gasteiger partial charge in [0.25, 0.3) is 0 Å². The van der Waals surface area contributed by atoms with Crippen LogP contribution in [0.15, 0.2) is 79.4 Å². The van der Waals surface area contributed by atoms with E-state index < -0.39 is 12.1 Å². The average Bonchev–Trinajstić information content (AvgIpc) is 3.15. The van der Waals surface area contributed by atoms with Gasteiger partial charge in [-0.2, -0.15) is 0 Å². The van der Waals surface area contributed by atoms with E-state index in [0.29, 0.717) is 22.9 Å². The molecule has 0 aromatic heterocycles. The molecule has 31 heavy (non-hydrogen) atoms. The molecule has 0 spiro atoms. The molecule has 4 rings (SSSR count). The van der Waals surface area contributed by atoms with E-state index in [1.165, 1.54) is 12.1 Å². The molecule has 0 radical (unpaired) electrons. The molecule has 3 aromatic rings. The third kappa shape index (κ3) is 4.57. The Balaban J connectivity index is 1.69. The van der Waals surface area contributed by atoms with Crippen LogP contribution < -0.4 is 4.74 Å². The predicted molar refractivity (Wildman–Crippen MR) is 118 cm³/mol. The lowest BCUT2D eigenvalue weighted by Gasteiger charge is -2.27. The van der Waals surface area contributed by atoms with E-state index in [2.05, 4.69) is 6.58 Å². The van der Waals surface area contributed by atoms with Crippen molar-refractivity contribution in [2.75, 3.05) is 6.61 Å². The lowest BCUT2D eigenvalue weighted by molar-refractivity contribution is 0.0883. The summed E-state index contributed by atoms with van der Waals surface area (Å²) >= 11 is 6.28. The molecule has 158 valence electrons. The molecule has 0 bridgehead atoms. The van der Waals surface area contributed by atoms with Crippen molar-refractivity contribution in [2.45, 2.75) is 19.2 Å². The summed E-state index contributed by atoms with van der Waals surface area (Å²) in [6, 6.07) is 18.7. The molecular weight excluding hydrogens is 417 g/mol. The van der Waals surface area contributed by atoms with Crippen LogP contribution in [0.3, 0.4) is 0 Å². The number of ether oxygens (including phenoxy) is 2. The van der Waals surface area contributed by atoms with Crippen molar-refractivity contribution >= 4 is 17.7 Å². The number of amides is 1. The number of carbonyl (C=O) groups excluding carboxylic acids is 1. The van der Waals surface area contributed by atoms with Gasteiger partial charge in [-0.3, -0.25) is 4.90 Å². The van der Waals surface area contributed by atoms with Gasteiger partial charge in [-0.15, -0.1) is 0 Å². The van der Waals surface area contributed by atoms with E-state index >= 15 is 0 Å². The number of carbonyl (C=O) groups is 1. The van der Waals surface area contributed by atoms with Crippen LogP contribution in [-0.4, -0.2) is 17.6 Å². The smallest absolute Gasteiger partial charge is 0.411 e. The summed E-state index contributed by atoms with van der Waals surface area (Å²) in [4.78, 5) is 14.7. The molecule has 0 fully saturated rings. The summed E-state index contributed by atoms with van der Waals surface area (Å²) in [5.41, 5.74) is 3.12. The first kappa shape index (κ1) is 20.9. The van der Waals surface area contributed by atoms with Gasteiger partial charge in [0.1, 0.15) is 24.8 Å². The Morgan fingerprint density at radius 2 is 1.94 bits per heavy atom. The summed E-state index contributed by atoms with van der Waals surface area (Å²) in [5.74, 6) is 0.221. The molecule has 6 heteroatoms. The predicted octanol–water partition coefficient (Wildman–Crippen LogP) is 6.29. The van der Waals surface area contributed by atoms with Crippen LogP contribution in [0.25, 0.3) is 0 Å². The number of halogens is 2. The zero-order valence-corrected chi connectivity index (χ0v) is 17.5. The standard InChI is InChI=1S/C25H21ClFNO3/c1-2-12-30-23-11-8-19(26)14-22(23)24-21-10-9-20(27)13-18(21)15-28(24)25(29)31-16-17-6-4-3-5-7-17/h2-11,13-14,24H,1,12,15-16H2. The fourth-order valence-electron chi connectivity index (χ4n) is 3.74. The molecule has 4 nitrogen and oxygen atoms in total. The van der Waals surface area contributed by atoms with E-state index in [1.54, 1.807) is 35.2 Å². The first-order valence-electron chi connectivity index (χ1n) is 9.85. The largest absolute Gasteiger partial charge is 0.489 e. The van der Waals surface area contributed by atoms with Gasteiger partial charge in [0.15, 0.2) is 0 Å². The van der Waals surface area contributed by atoms with Crippen LogP contribution in [-0.2, 0) is 17.9 Å². The van der Waals surface area contributed by atoms with E-state index in [0.717, 1.165) is 16.7 Å². The maximum atomic E-state index is 13.9. The van der Waals surface area contributed by atoms with Crippen molar-refractivity contribution in [1.82, 2.24) is 4.90 Å². The molecule has 1 aliphatic heterocycles. The minimum atomic E-state index is -0.516. The fraction of sp³-hybridized carbons (Fsp3) is 0.160. The number of hydrogen-bond donors (Lipinski definition) is 0. The molecule has 1 atom stereocenters. The van der Waals surface area contributed by atoms with Gasteiger partial charge in [0, 0.05) is 10.6 Å². The summed E-state index contributed by atoms with van der Waals surface area (Å²) in [6.07, 6.45) is 1.14. The Bertz CT molecular complexity index is 1100. The maximum absolute atomic E-state index is 13.9. The van der Waals surface area contributed by atoms with Gasteiger partial charge in [0.2, 0.25) is 0 Å². The lowest BCUT2D eigenvalue weighted by atomic mass is 9.97. The summed E-state index contributed by atoms with van der Waals surface area (Å²) in [5, 5.41) is 0.508. The number of hydrogen-bond acceptors (Lipinski definition) is 3. The first-order valence-corrected chi connectivity index (χ1v) is 10.2. The summed E-state index contributed by atoms with van der Waals surface area (Å²) in [7, 11) is 0. The Morgan fingerprint density at radius 3 is 2.71 bits per heavy atom. The number of nitrogens with zero attached hydrogens (tertiary/aromatic N) is 1. The summed E-state index contributed by atoms with van der Waals surface area (Å²) in [6.45, 7) is 4.35. The van der Waals surface area contributed by atoms with Gasteiger partial charge in [-0.25, -0.2) is 9.18 Å². The third-order valence-corrected chi connectivity index (χ3v) is 5.35. The highest BCUT2D eigenvalue weighted by atomic mass is 35.5. The molecule has 1 amide bonds. The molecule has 1 heterocycles. The Morgan fingerprint density at radius 1 is 1.13 bits per heavy atom. The number of rotatable bonds is 6. The minimum Gasteiger partial charge on any atom is -0.489 e. The number of fused-ring (bicyclic) bond motifs is 1. The Kier molecular flexibility index (Phi) is 6.23. The second-order valence-corrected chi connectivity index (χ2v) is 7.63. The highest BCUT2D eigenvalue weighted by molar-refractivity contribution is 6.30. The van der Waals surface area contributed by atoms with Crippen molar-refractivity contribution in [3.05, 3.63) is 112 Å². The molecule has 1 unspecified atom stereocenters. The van der Waals surface area contributed by atoms with E-state index in [9.17, 15) is 9.18 Å². The SMILES string of the molecule is C=CCOc1ccc(Cl)cc1C1c2ccc(F)cc2CN1C(=O)OCc1ccccc1. The summed E-state index contributed by atoms with van der Waals surface area (Å²) < 4.78 is 25.3. The highest BCUT2D eigenvalue weighted by Crippen LogP contribution is 2.43. The van der Waals surface area contributed by atoms with Crippen LogP contribution in [0.4, 0.5) is 9.18 Å².